The Kier molecular flexibility index (Phi) is 4.06. The van der Waals surface area contributed by atoms with Crippen LogP contribution in [0.2, 0.25) is 0 Å². The van der Waals surface area contributed by atoms with E-state index in [2.05, 4.69) is 10.4 Å². The Balaban J connectivity index is 2.05. The molecule has 0 radical (unpaired) electrons. The molecule has 0 saturated carbocycles. The summed E-state index contributed by atoms with van der Waals surface area (Å²) in [5, 5.41) is 17.1. The lowest BCUT2D eigenvalue weighted by Crippen LogP contribution is -2.11. The lowest BCUT2D eigenvalue weighted by atomic mass is 10.2. The van der Waals surface area contributed by atoms with Crippen LogP contribution in [0.4, 0.5) is 11.4 Å². The maximum Gasteiger partial charge on any atom is 0.269 e. The zero-order chi connectivity index (χ0) is 14.5. The average molecular weight is 276 g/mol. The van der Waals surface area contributed by atoms with Gasteiger partial charge in [-0.25, -0.2) is 4.68 Å². The Morgan fingerprint density at radius 1 is 1.45 bits per heavy atom. The lowest BCUT2D eigenvalue weighted by Gasteiger charge is -2.02. The Morgan fingerprint density at radius 3 is 2.75 bits per heavy atom. The molecule has 0 fully saturated rings. The molecule has 2 rings (SSSR count). The second kappa shape index (κ2) is 5.93. The van der Waals surface area contributed by atoms with E-state index in [-0.39, 0.29) is 18.3 Å². The van der Waals surface area contributed by atoms with E-state index >= 15 is 0 Å². The van der Waals surface area contributed by atoms with E-state index in [9.17, 15) is 14.9 Å². The van der Waals surface area contributed by atoms with Crippen molar-refractivity contribution in [3.63, 3.8) is 0 Å². The summed E-state index contributed by atoms with van der Waals surface area (Å²) in [4.78, 5) is 21.9. The van der Waals surface area contributed by atoms with Crippen LogP contribution in [-0.2, 0) is 11.5 Å². The first-order valence-corrected chi connectivity index (χ1v) is 5.67. The smallest absolute Gasteiger partial charge is 0.269 e. The fraction of sp³-hybridized carbons (Fsp3) is 0.167. The number of carbonyl (C=O) groups is 1. The molecule has 20 heavy (non-hydrogen) atoms. The number of nitrogens with zero attached hydrogens (tertiary/aromatic N) is 3. The molecule has 0 atom stereocenters. The van der Waals surface area contributed by atoms with Crippen molar-refractivity contribution in [2.75, 3.05) is 12.4 Å². The van der Waals surface area contributed by atoms with Crippen LogP contribution in [0.25, 0.3) is 0 Å². The Morgan fingerprint density at radius 2 is 2.15 bits per heavy atom. The molecule has 0 aliphatic carbocycles. The van der Waals surface area contributed by atoms with Crippen molar-refractivity contribution in [2.45, 2.75) is 6.73 Å². The van der Waals surface area contributed by atoms with Crippen LogP contribution in [0, 0.1) is 10.1 Å². The zero-order valence-corrected chi connectivity index (χ0v) is 10.6. The van der Waals surface area contributed by atoms with Gasteiger partial charge in [-0.15, -0.1) is 0 Å². The SMILES string of the molecule is COCn1cc(NC(=O)c2ccc([N+](=O)[O-])cc2)cn1. The summed E-state index contributed by atoms with van der Waals surface area (Å²) in [6.45, 7) is 0.285. The number of aromatic nitrogens is 2. The summed E-state index contributed by atoms with van der Waals surface area (Å²) in [5.41, 5.74) is 0.787. The largest absolute Gasteiger partial charge is 0.362 e. The van der Waals surface area contributed by atoms with Crippen LogP contribution >= 0.6 is 0 Å². The van der Waals surface area contributed by atoms with Crippen LogP contribution in [0.3, 0.4) is 0 Å². The van der Waals surface area contributed by atoms with E-state index in [1.165, 1.54) is 42.3 Å². The predicted octanol–water partition coefficient (Wildman–Crippen LogP) is 1.65. The molecule has 0 saturated heterocycles. The molecule has 0 bridgehead atoms. The molecule has 0 aliphatic heterocycles. The van der Waals surface area contributed by atoms with Gasteiger partial charge in [-0.2, -0.15) is 5.10 Å². The molecule has 0 aliphatic rings. The van der Waals surface area contributed by atoms with E-state index in [0.29, 0.717) is 11.3 Å². The second-order valence-electron chi connectivity index (χ2n) is 3.94. The van der Waals surface area contributed by atoms with Gasteiger partial charge in [0.1, 0.15) is 6.73 Å². The molecule has 8 heteroatoms. The van der Waals surface area contributed by atoms with Crippen molar-refractivity contribution in [2.24, 2.45) is 0 Å². The third-order valence-electron chi connectivity index (χ3n) is 2.49. The van der Waals surface area contributed by atoms with Gasteiger partial charge < -0.3 is 10.1 Å². The standard InChI is InChI=1S/C12H12N4O4/c1-20-8-15-7-10(6-13-15)14-12(17)9-2-4-11(5-3-9)16(18)19/h2-7H,8H2,1H3,(H,14,17). The van der Waals surface area contributed by atoms with E-state index in [1.807, 2.05) is 0 Å². The number of amides is 1. The summed E-state index contributed by atoms with van der Waals surface area (Å²) in [5.74, 6) is -0.364. The van der Waals surface area contributed by atoms with E-state index in [4.69, 9.17) is 4.74 Å². The van der Waals surface area contributed by atoms with E-state index < -0.39 is 4.92 Å². The number of rotatable bonds is 5. The molecule has 8 nitrogen and oxygen atoms in total. The van der Waals surface area contributed by atoms with Gasteiger partial charge in [0.05, 0.1) is 23.0 Å². The minimum absolute atomic E-state index is 0.0607. The first kappa shape index (κ1) is 13.7. The maximum atomic E-state index is 11.9. The van der Waals surface area contributed by atoms with Gasteiger partial charge in [-0.05, 0) is 12.1 Å². The molecule has 2 aromatic rings. The topological polar surface area (TPSA) is 99.3 Å². The minimum Gasteiger partial charge on any atom is -0.362 e. The van der Waals surface area contributed by atoms with Crippen molar-refractivity contribution >= 4 is 17.3 Å². The molecular weight excluding hydrogens is 264 g/mol. The highest BCUT2D eigenvalue weighted by Crippen LogP contribution is 2.13. The van der Waals surface area contributed by atoms with Gasteiger partial charge in [-0.3, -0.25) is 14.9 Å². The first-order chi connectivity index (χ1) is 9.60. The molecule has 1 amide bonds. The summed E-state index contributed by atoms with van der Waals surface area (Å²) in [7, 11) is 1.54. The fourth-order valence-corrected chi connectivity index (χ4v) is 1.57. The molecule has 104 valence electrons. The summed E-state index contributed by atoms with van der Waals surface area (Å²) < 4.78 is 6.41. The summed E-state index contributed by atoms with van der Waals surface area (Å²) in [6.07, 6.45) is 3.11. The molecular formula is C12H12N4O4. The van der Waals surface area contributed by atoms with Crippen LogP contribution in [0.1, 0.15) is 10.4 Å². The number of nitro benzene ring substituents is 1. The Labute approximate surface area is 114 Å². The van der Waals surface area contributed by atoms with E-state index in [0.717, 1.165) is 0 Å². The highest BCUT2D eigenvalue weighted by molar-refractivity contribution is 6.04. The van der Waals surface area contributed by atoms with Crippen LogP contribution in [-0.4, -0.2) is 27.7 Å². The number of anilines is 1. The number of benzene rings is 1. The number of non-ortho nitro benzene ring substituents is 1. The number of nitrogens with one attached hydrogen (secondary N) is 1. The van der Waals surface area contributed by atoms with Crippen LogP contribution in [0.5, 0.6) is 0 Å². The van der Waals surface area contributed by atoms with E-state index in [1.54, 1.807) is 6.20 Å². The van der Waals surface area contributed by atoms with Gasteiger partial charge >= 0.3 is 0 Å². The zero-order valence-electron chi connectivity index (χ0n) is 10.6. The Hall–Kier alpha value is -2.74. The van der Waals surface area contributed by atoms with Gasteiger partial charge in [0.2, 0.25) is 0 Å². The number of methoxy groups -OCH3 is 1. The number of hydrogen-bond donors (Lipinski definition) is 1. The third kappa shape index (κ3) is 3.18. The minimum atomic E-state index is -0.517. The van der Waals surface area contributed by atoms with Crippen molar-refractivity contribution < 1.29 is 14.5 Å². The van der Waals surface area contributed by atoms with Crippen LogP contribution in [0.15, 0.2) is 36.7 Å². The third-order valence-corrected chi connectivity index (χ3v) is 2.49. The molecule has 1 heterocycles. The van der Waals surface area contributed by atoms with Crippen molar-refractivity contribution in [3.05, 3.63) is 52.3 Å². The number of nitro groups is 1. The maximum absolute atomic E-state index is 11.9. The predicted molar refractivity (Wildman–Crippen MR) is 70.3 cm³/mol. The first-order valence-electron chi connectivity index (χ1n) is 5.67. The molecule has 0 spiro atoms. The quantitative estimate of drug-likeness (QED) is 0.661. The number of ether oxygens (including phenoxy) is 1. The highest BCUT2D eigenvalue weighted by Gasteiger charge is 2.10. The highest BCUT2D eigenvalue weighted by atomic mass is 16.6. The van der Waals surface area contributed by atoms with Gasteiger partial charge in [0.15, 0.2) is 0 Å². The summed E-state index contributed by atoms with van der Waals surface area (Å²) >= 11 is 0. The normalized spacial score (nSPS) is 10.2. The van der Waals surface area contributed by atoms with Crippen LogP contribution < -0.4 is 5.32 Å². The van der Waals surface area contributed by atoms with Gasteiger partial charge in [-0.1, -0.05) is 0 Å². The van der Waals surface area contributed by atoms with Gasteiger partial charge in [0.25, 0.3) is 11.6 Å². The average Bonchev–Trinajstić information content (AvgIpc) is 2.86. The monoisotopic (exact) mass is 276 g/mol. The molecule has 0 unspecified atom stereocenters. The Bertz CT molecular complexity index is 621. The number of carbonyl (C=O) groups excluding carboxylic acids is 1. The van der Waals surface area contributed by atoms with Crippen molar-refractivity contribution in [1.29, 1.82) is 0 Å². The van der Waals surface area contributed by atoms with Gasteiger partial charge in [0, 0.05) is 24.8 Å². The number of hydrogen-bond acceptors (Lipinski definition) is 5. The molecule has 1 aromatic carbocycles. The second-order valence-corrected chi connectivity index (χ2v) is 3.94. The molecule has 1 N–H and O–H groups in total. The molecule has 1 aromatic heterocycles. The lowest BCUT2D eigenvalue weighted by molar-refractivity contribution is -0.384. The van der Waals surface area contributed by atoms with Crippen molar-refractivity contribution in [1.82, 2.24) is 9.78 Å². The van der Waals surface area contributed by atoms with Crippen molar-refractivity contribution in [3.8, 4) is 0 Å². The summed E-state index contributed by atoms with van der Waals surface area (Å²) in [6, 6.07) is 5.35. The fourth-order valence-electron chi connectivity index (χ4n) is 1.57.